The van der Waals surface area contributed by atoms with Crippen molar-refractivity contribution in [2.45, 2.75) is 11.5 Å². The maximum Gasteiger partial charge on any atom is 0.190 e. The van der Waals surface area contributed by atoms with Gasteiger partial charge in [-0.2, -0.15) is 11.8 Å². The lowest BCUT2D eigenvalue weighted by atomic mass is 10.2. The van der Waals surface area contributed by atoms with E-state index in [2.05, 4.69) is 20.3 Å². The highest BCUT2D eigenvalue weighted by molar-refractivity contribution is 7.98. The van der Waals surface area contributed by atoms with Crippen molar-refractivity contribution in [2.75, 3.05) is 12.4 Å². The van der Waals surface area contributed by atoms with E-state index in [1.165, 1.54) is 5.56 Å². The summed E-state index contributed by atoms with van der Waals surface area (Å²) in [7, 11) is 1.90. The number of thiazole rings is 1. The second kappa shape index (κ2) is 4.03. The molecule has 0 saturated carbocycles. The molecule has 16 heavy (non-hydrogen) atoms. The molecule has 2 aromatic rings. The van der Waals surface area contributed by atoms with Crippen molar-refractivity contribution in [2.24, 2.45) is 0 Å². The Bertz CT molecular complexity index is 510. The molecule has 3 heterocycles. The van der Waals surface area contributed by atoms with Crippen molar-refractivity contribution < 1.29 is 0 Å². The summed E-state index contributed by atoms with van der Waals surface area (Å²) < 4.78 is 0. The molecule has 0 unspecified atom stereocenters. The SMILES string of the molecule is CNc1nc(-c2nccs2)nc2c1CSC2. The third-order valence-corrected chi connectivity index (χ3v) is 4.18. The molecular weight excluding hydrogens is 240 g/mol. The van der Waals surface area contributed by atoms with E-state index in [1.54, 1.807) is 17.5 Å². The van der Waals surface area contributed by atoms with Gasteiger partial charge in [-0.25, -0.2) is 15.0 Å². The average Bonchev–Trinajstić information content (AvgIpc) is 2.97. The van der Waals surface area contributed by atoms with Gasteiger partial charge in [0.2, 0.25) is 0 Å². The topological polar surface area (TPSA) is 50.7 Å². The van der Waals surface area contributed by atoms with Crippen molar-refractivity contribution in [3.8, 4) is 10.8 Å². The van der Waals surface area contributed by atoms with Crippen LogP contribution in [0.25, 0.3) is 10.8 Å². The fourth-order valence-electron chi connectivity index (χ4n) is 1.69. The summed E-state index contributed by atoms with van der Waals surface area (Å²) >= 11 is 3.45. The molecule has 0 atom stereocenters. The van der Waals surface area contributed by atoms with Crippen LogP contribution in [0.2, 0.25) is 0 Å². The molecule has 1 aliphatic rings. The number of aromatic nitrogens is 3. The highest BCUT2D eigenvalue weighted by Gasteiger charge is 2.20. The Labute approximate surface area is 102 Å². The summed E-state index contributed by atoms with van der Waals surface area (Å²) in [6, 6.07) is 0. The molecule has 0 amide bonds. The number of nitrogens with one attached hydrogen (secondary N) is 1. The van der Waals surface area contributed by atoms with Crippen LogP contribution in [0.5, 0.6) is 0 Å². The van der Waals surface area contributed by atoms with E-state index in [0.717, 1.165) is 33.8 Å². The number of hydrogen-bond acceptors (Lipinski definition) is 6. The lowest BCUT2D eigenvalue weighted by molar-refractivity contribution is 1.07. The lowest BCUT2D eigenvalue weighted by Gasteiger charge is -2.07. The number of hydrogen-bond donors (Lipinski definition) is 1. The van der Waals surface area contributed by atoms with Gasteiger partial charge in [-0.1, -0.05) is 0 Å². The standard InChI is InChI=1S/C10H10N4S2/c1-11-8-6-4-15-5-7(6)13-9(14-8)10-12-2-3-16-10/h2-3H,4-5H2,1H3,(H,11,13,14). The second-order valence-electron chi connectivity index (χ2n) is 3.40. The van der Waals surface area contributed by atoms with Gasteiger partial charge in [0.1, 0.15) is 5.82 Å². The van der Waals surface area contributed by atoms with Crippen LogP contribution in [0.3, 0.4) is 0 Å². The first kappa shape index (κ1) is 10.0. The van der Waals surface area contributed by atoms with Gasteiger partial charge in [-0.3, -0.25) is 0 Å². The van der Waals surface area contributed by atoms with Crippen LogP contribution in [0.4, 0.5) is 5.82 Å². The van der Waals surface area contributed by atoms with Crippen LogP contribution in [-0.4, -0.2) is 22.0 Å². The van der Waals surface area contributed by atoms with Crippen LogP contribution in [-0.2, 0) is 11.5 Å². The van der Waals surface area contributed by atoms with Crippen molar-refractivity contribution >= 4 is 28.9 Å². The Morgan fingerprint density at radius 1 is 1.31 bits per heavy atom. The fraction of sp³-hybridized carbons (Fsp3) is 0.300. The van der Waals surface area contributed by atoms with E-state index in [9.17, 15) is 0 Å². The Morgan fingerprint density at radius 3 is 3.00 bits per heavy atom. The summed E-state index contributed by atoms with van der Waals surface area (Å²) in [5, 5.41) is 5.97. The molecule has 0 bridgehead atoms. The first-order chi connectivity index (χ1) is 7.88. The molecule has 6 heteroatoms. The Morgan fingerprint density at radius 2 is 2.25 bits per heavy atom. The zero-order valence-corrected chi connectivity index (χ0v) is 10.4. The lowest BCUT2D eigenvalue weighted by Crippen LogP contribution is -2.03. The fourth-order valence-corrected chi connectivity index (χ4v) is 3.30. The van der Waals surface area contributed by atoms with E-state index in [-0.39, 0.29) is 0 Å². The Balaban J connectivity index is 2.15. The summed E-state index contributed by atoms with van der Waals surface area (Å²) in [5.41, 5.74) is 2.39. The zero-order chi connectivity index (χ0) is 11.0. The third-order valence-electron chi connectivity index (χ3n) is 2.44. The first-order valence-corrected chi connectivity index (χ1v) is 6.97. The molecule has 0 radical (unpaired) electrons. The predicted octanol–water partition coefficient (Wildman–Crippen LogP) is 2.39. The van der Waals surface area contributed by atoms with E-state index >= 15 is 0 Å². The molecule has 4 nitrogen and oxygen atoms in total. The number of fused-ring (bicyclic) bond motifs is 1. The highest BCUT2D eigenvalue weighted by atomic mass is 32.2. The minimum Gasteiger partial charge on any atom is -0.373 e. The minimum absolute atomic E-state index is 0.737. The number of anilines is 1. The summed E-state index contributed by atoms with van der Waals surface area (Å²) in [5.74, 6) is 3.66. The molecule has 0 spiro atoms. The second-order valence-corrected chi connectivity index (χ2v) is 5.28. The van der Waals surface area contributed by atoms with Gasteiger partial charge in [-0.15, -0.1) is 11.3 Å². The van der Waals surface area contributed by atoms with Crippen LogP contribution in [0, 0.1) is 0 Å². The molecule has 3 rings (SSSR count). The molecule has 2 aromatic heterocycles. The maximum atomic E-state index is 4.58. The van der Waals surface area contributed by atoms with Gasteiger partial charge < -0.3 is 5.32 Å². The van der Waals surface area contributed by atoms with E-state index in [0.29, 0.717) is 0 Å². The first-order valence-electron chi connectivity index (χ1n) is 4.93. The molecular formula is C10H10N4S2. The van der Waals surface area contributed by atoms with Gasteiger partial charge in [0.25, 0.3) is 0 Å². The van der Waals surface area contributed by atoms with Gasteiger partial charge >= 0.3 is 0 Å². The summed E-state index contributed by atoms with van der Waals surface area (Å²) in [4.78, 5) is 13.3. The van der Waals surface area contributed by atoms with Crippen molar-refractivity contribution in [1.29, 1.82) is 0 Å². The number of rotatable bonds is 2. The van der Waals surface area contributed by atoms with Gasteiger partial charge in [0.05, 0.1) is 5.69 Å². The van der Waals surface area contributed by atoms with E-state index in [4.69, 9.17) is 0 Å². The van der Waals surface area contributed by atoms with Gasteiger partial charge in [0.15, 0.2) is 10.8 Å². The maximum absolute atomic E-state index is 4.58. The smallest absolute Gasteiger partial charge is 0.190 e. The van der Waals surface area contributed by atoms with Crippen molar-refractivity contribution in [3.63, 3.8) is 0 Å². The minimum atomic E-state index is 0.737. The largest absolute Gasteiger partial charge is 0.373 e. The normalized spacial score (nSPS) is 13.8. The summed E-state index contributed by atoms with van der Waals surface area (Å²) in [6.07, 6.45) is 1.78. The Hall–Kier alpha value is -1.14. The monoisotopic (exact) mass is 250 g/mol. The average molecular weight is 250 g/mol. The molecule has 0 aliphatic carbocycles. The highest BCUT2D eigenvalue weighted by Crippen LogP contribution is 2.34. The predicted molar refractivity (Wildman–Crippen MR) is 67.7 cm³/mol. The van der Waals surface area contributed by atoms with Crippen LogP contribution >= 0.6 is 23.1 Å². The van der Waals surface area contributed by atoms with Gasteiger partial charge in [0, 0.05) is 35.7 Å². The molecule has 1 N–H and O–H groups in total. The quantitative estimate of drug-likeness (QED) is 0.887. The Kier molecular flexibility index (Phi) is 2.53. The van der Waals surface area contributed by atoms with E-state index < -0.39 is 0 Å². The zero-order valence-electron chi connectivity index (χ0n) is 8.73. The van der Waals surface area contributed by atoms with Gasteiger partial charge in [-0.05, 0) is 0 Å². The molecule has 82 valence electrons. The molecule has 1 aliphatic heterocycles. The molecule has 0 aromatic carbocycles. The number of nitrogens with zero attached hydrogens (tertiary/aromatic N) is 3. The van der Waals surface area contributed by atoms with Crippen LogP contribution in [0.15, 0.2) is 11.6 Å². The molecule has 0 saturated heterocycles. The van der Waals surface area contributed by atoms with Crippen LogP contribution in [0.1, 0.15) is 11.3 Å². The summed E-state index contributed by atoms with van der Waals surface area (Å²) in [6.45, 7) is 0. The van der Waals surface area contributed by atoms with Crippen molar-refractivity contribution in [1.82, 2.24) is 15.0 Å². The van der Waals surface area contributed by atoms with Crippen molar-refractivity contribution in [3.05, 3.63) is 22.8 Å². The number of thioether (sulfide) groups is 1. The third kappa shape index (κ3) is 1.58. The molecule has 0 fully saturated rings. The van der Waals surface area contributed by atoms with E-state index in [1.807, 2.05) is 24.2 Å². The van der Waals surface area contributed by atoms with Crippen LogP contribution < -0.4 is 5.32 Å².